The van der Waals surface area contributed by atoms with Crippen molar-refractivity contribution in [3.8, 4) is 5.75 Å². The van der Waals surface area contributed by atoms with Crippen LogP contribution in [0.2, 0.25) is 0 Å². The van der Waals surface area contributed by atoms with Crippen molar-refractivity contribution in [1.82, 2.24) is 5.32 Å². The number of nitrogens with zero attached hydrogens (tertiary/aromatic N) is 1. The van der Waals surface area contributed by atoms with Crippen molar-refractivity contribution >= 4 is 52.6 Å². The Kier molecular flexibility index (Phi) is 11.0. The zero-order chi connectivity index (χ0) is 33.9. The molecule has 3 N–H and O–H groups in total. The summed E-state index contributed by atoms with van der Waals surface area (Å²) in [6.45, 7) is 0. The number of non-ortho nitro benzene ring substituents is 1. The third-order valence-electron chi connectivity index (χ3n) is 6.97. The van der Waals surface area contributed by atoms with Crippen LogP contribution in [-0.4, -0.2) is 29.8 Å². The number of anilines is 2. The zero-order valence-corrected chi connectivity index (χ0v) is 26.5. The van der Waals surface area contributed by atoms with Crippen LogP contribution >= 0.6 is 11.8 Å². The summed E-state index contributed by atoms with van der Waals surface area (Å²) >= 11 is 1.27. The van der Waals surface area contributed by atoms with E-state index in [1.165, 1.54) is 36.0 Å². The summed E-state index contributed by atoms with van der Waals surface area (Å²) in [6, 6.07) is 37.5. The Morgan fingerprint density at radius 1 is 0.771 bits per heavy atom. The predicted octanol–water partition coefficient (Wildman–Crippen LogP) is 7.49. The van der Waals surface area contributed by atoms with Crippen molar-refractivity contribution < 1.29 is 24.0 Å². The number of hydrogen-bond acceptors (Lipinski definition) is 7. The van der Waals surface area contributed by atoms with Crippen molar-refractivity contribution in [2.75, 3.05) is 17.7 Å². The normalized spacial score (nSPS) is 11.6. The summed E-state index contributed by atoms with van der Waals surface area (Å²) in [4.78, 5) is 51.4. The Hall–Kier alpha value is -6.20. The van der Waals surface area contributed by atoms with Crippen LogP contribution in [-0.2, 0) is 9.59 Å². The standard InChI is InChI=1S/C37H30N4O6S/c1-47-31-16-8-10-25(22-31)23-33(40-35(42)27-13-6-3-7-14-27)36(43)39-29-15-9-17-32(24-29)48-34(26-11-4-2-5-12-26)37(44)38-28-18-20-30(21-19-28)41(45)46/h2-24,34H,1H3,(H,38,44)(H,39,43)(H,40,42)/b33-23-. The van der Waals surface area contributed by atoms with E-state index >= 15 is 0 Å². The Labute approximate surface area is 281 Å². The molecule has 5 aromatic carbocycles. The molecule has 0 saturated carbocycles. The van der Waals surface area contributed by atoms with E-state index in [0.717, 1.165) is 5.56 Å². The van der Waals surface area contributed by atoms with Crippen molar-refractivity contribution in [3.63, 3.8) is 0 Å². The lowest BCUT2D eigenvalue weighted by Crippen LogP contribution is -2.30. The number of hydrogen-bond donors (Lipinski definition) is 3. The molecule has 0 bridgehead atoms. The number of thioether (sulfide) groups is 1. The molecule has 1 atom stereocenters. The van der Waals surface area contributed by atoms with Crippen molar-refractivity contribution in [2.45, 2.75) is 10.1 Å². The van der Waals surface area contributed by atoms with Gasteiger partial charge in [-0.05, 0) is 71.8 Å². The van der Waals surface area contributed by atoms with E-state index in [-0.39, 0.29) is 17.3 Å². The average Bonchev–Trinajstić information content (AvgIpc) is 3.11. The predicted molar refractivity (Wildman–Crippen MR) is 187 cm³/mol. The van der Waals surface area contributed by atoms with Crippen LogP contribution in [0.15, 0.2) is 144 Å². The highest BCUT2D eigenvalue weighted by atomic mass is 32.2. The zero-order valence-electron chi connectivity index (χ0n) is 25.7. The first kappa shape index (κ1) is 33.2. The molecule has 0 aliphatic carbocycles. The van der Waals surface area contributed by atoms with Gasteiger partial charge in [0.2, 0.25) is 5.91 Å². The van der Waals surface area contributed by atoms with Gasteiger partial charge >= 0.3 is 0 Å². The quantitative estimate of drug-likeness (QED) is 0.0546. The minimum absolute atomic E-state index is 0.0137. The van der Waals surface area contributed by atoms with Gasteiger partial charge in [0.1, 0.15) is 16.7 Å². The Morgan fingerprint density at radius 2 is 1.46 bits per heavy atom. The first-order valence-corrected chi connectivity index (χ1v) is 15.6. The fourth-order valence-corrected chi connectivity index (χ4v) is 5.68. The fourth-order valence-electron chi connectivity index (χ4n) is 4.60. The van der Waals surface area contributed by atoms with Gasteiger partial charge in [0, 0.05) is 34.0 Å². The Bertz CT molecular complexity index is 1950. The molecule has 0 spiro atoms. The fraction of sp³-hybridized carbons (Fsp3) is 0.0541. The van der Waals surface area contributed by atoms with Crippen molar-refractivity contribution in [2.24, 2.45) is 0 Å². The molecular weight excluding hydrogens is 628 g/mol. The maximum atomic E-state index is 13.6. The Balaban J connectivity index is 1.37. The highest BCUT2D eigenvalue weighted by Gasteiger charge is 2.23. The third-order valence-corrected chi connectivity index (χ3v) is 8.21. The van der Waals surface area contributed by atoms with Gasteiger partial charge in [0.15, 0.2) is 0 Å². The average molecular weight is 659 g/mol. The van der Waals surface area contributed by atoms with Crippen molar-refractivity contribution in [3.05, 3.63) is 166 Å². The number of amides is 3. The lowest BCUT2D eigenvalue weighted by atomic mass is 10.1. The molecule has 0 aliphatic rings. The van der Waals surface area contributed by atoms with Gasteiger partial charge in [-0.25, -0.2) is 0 Å². The number of methoxy groups -OCH3 is 1. The van der Waals surface area contributed by atoms with E-state index in [9.17, 15) is 24.5 Å². The van der Waals surface area contributed by atoms with Gasteiger partial charge in [-0.1, -0.05) is 66.7 Å². The van der Waals surface area contributed by atoms with Crippen LogP contribution in [0.3, 0.4) is 0 Å². The second-order valence-corrected chi connectivity index (χ2v) is 11.5. The molecule has 0 saturated heterocycles. The number of nitro benzene ring substituents is 1. The van der Waals surface area contributed by atoms with Gasteiger partial charge < -0.3 is 20.7 Å². The number of rotatable bonds is 12. The number of nitro groups is 1. The first-order chi connectivity index (χ1) is 23.3. The molecule has 3 amide bonds. The molecular formula is C37H30N4O6S. The molecule has 0 aliphatic heterocycles. The maximum absolute atomic E-state index is 13.6. The molecule has 48 heavy (non-hydrogen) atoms. The van der Waals surface area contributed by atoms with Gasteiger partial charge in [-0.3, -0.25) is 24.5 Å². The minimum atomic E-state index is -0.693. The van der Waals surface area contributed by atoms with Crippen LogP contribution < -0.4 is 20.7 Å². The lowest BCUT2D eigenvalue weighted by molar-refractivity contribution is -0.384. The number of nitrogens with one attached hydrogen (secondary N) is 3. The van der Waals surface area contributed by atoms with Gasteiger partial charge in [-0.2, -0.15) is 0 Å². The van der Waals surface area contributed by atoms with E-state index in [1.54, 1.807) is 86.0 Å². The van der Waals surface area contributed by atoms with Crippen molar-refractivity contribution in [1.29, 1.82) is 0 Å². The molecule has 0 fully saturated rings. The van der Waals surface area contributed by atoms with Crippen LogP contribution in [0, 0.1) is 10.1 Å². The summed E-state index contributed by atoms with van der Waals surface area (Å²) in [7, 11) is 1.54. The SMILES string of the molecule is COc1cccc(/C=C(\NC(=O)c2ccccc2)C(=O)Nc2cccc(SC(C(=O)Nc3ccc([N+](=O)[O-])cc3)c3ccccc3)c2)c1. The van der Waals surface area contributed by atoms with Gasteiger partial charge in [-0.15, -0.1) is 11.8 Å². The molecule has 5 rings (SSSR count). The molecule has 0 radical (unpaired) electrons. The highest BCUT2D eigenvalue weighted by molar-refractivity contribution is 8.00. The molecule has 11 heteroatoms. The Morgan fingerprint density at radius 3 is 2.15 bits per heavy atom. The number of ether oxygens (including phenoxy) is 1. The molecule has 240 valence electrons. The maximum Gasteiger partial charge on any atom is 0.272 e. The van der Waals surface area contributed by atoms with E-state index in [4.69, 9.17) is 4.74 Å². The molecule has 0 heterocycles. The first-order valence-electron chi connectivity index (χ1n) is 14.7. The summed E-state index contributed by atoms with van der Waals surface area (Å²) in [5, 5.41) is 18.8. The van der Waals surface area contributed by atoms with E-state index < -0.39 is 22.0 Å². The third kappa shape index (κ3) is 8.95. The molecule has 5 aromatic rings. The highest BCUT2D eigenvalue weighted by Crippen LogP contribution is 2.37. The van der Waals surface area contributed by atoms with Crippen LogP contribution in [0.5, 0.6) is 5.75 Å². The van der Waals surface area contributed by atoms with Crippen LogP contribution in [0.1, 0.15) is 26.7 Å². The summed E-state index contributed by atoms with van der Waals surface area (Å²) < 4.78 is 5.31. The monoisotopic (exact) mass is 658 g/mol. The second-order valence-electron chi connectivity index (χ2n) is 10.3. The number of carbonyl (C=O) groups excluding carboxylic acids is 3. The largest absolute Gasteiger partial charge is 0.497 e. The van der Waals surface area contributed by atoms with Crippen LogP contribution in [0.4, 0.5) is 17.1 Å². The van der Waals surface area contributed by atoms with Gasteiger partial charge in [0.25, 0.3) is 17.5 Å². The van der Waals surface area contributed by atoms with Gasteiger partial charge in [0.05, 0.1) is 12.0 Å². The summed E-state index contributed by atoms with van der Waals surface area (Å²) in [5.74, 6) is -0.747. The second kappa shape index (κ2) is 15.9. The molecule has 0 aromatic heterocycles. The topological polar surface area (TPSA) is 140 Å². The summed E-state index contributed by atoms with van der Waals surface area (Å²) in [5.41, 5.74) is 2.56. The minimum Gasteiger partial charge on any atom is -0.497 e. The number of carbonyl (C=O) groups is 3. The summed E-state index contributed by atoms with van der Waals surface area (Å²) in [6.07, 6.45) is 1.56. The van der Waals surface area contributed by atoms with E-state index in [2.05, 4.69) is 16.0 Å². The molecule has 10 nitrogen and oxygen atoms in total. The van der Waals surface area contributed by atoms with E-state index in [0.29, 0.717) is 33.1 Å². The lowest BCUT2D eigenvalue weighted by Gasteiger charge is -2.18. The number of benzene rings is 5. The van der Waals surface area contributed by atoms with E-state index in [1.807, 2.05) is 36.4 Å². The van der Waals surface area contributed by atoms with Crippen LogP contribution in [0.25, 0.3) is 6.08 Å². The molecule has 1 unspecified atom stereocenters. The smallest absolute Gasteiger partial charge is 0.272 e.